The quantitative estimate of drug-likeness (QED) is 0.273. The number of hydrogen-bond donors (Lipinski definition) is 1. The SMILES string of the molecule is CC(C)C1=C(NC(c2ccccc2)c2cccc(-c3ccc(F)c4ccccc34)n2)C(C(C)C)C=CC=C1. The first-order valence-electron chi connectivity index (χ1n) is 13.5. The predicted octanol–water partition coefficient (Wildman–Crippen LogP) is 9.03. The summed E-state index contributed by atoms with van der Waals surface area (Å²) in [5.41, 5.74) is 6.40. The average molecular weight is 503 g/mol. The minimum Gasteiger partial charge on any atom is -0.375 e. The first kappa shape index (κ1) is 25.7. The highest BCUT2D eigenvalue weighted by molar-refractivity contribution is 5.96. The Bertz CT molecular complexity index is 1510. The molecule has 1 aliphatic rings. The number of aromatic nitrogens is 1. The minimum absolute atomic E-state index is 0.146. The third-order valence-corrected chi connectivity index (χ3v) is 7.34. The van der Waals surface area contributed by atoms with Crippen molar-refractivity contribution in [1.82, 2.24) is 10.3 Å². The molecule has 0 saturated heterocycles. The largest absolute Gasteiger partial charge is 0.375 e. The van der Waals surface area contributed by atoms with Gasteiger partial charge in [0.05, 0.1) is 17.4 Å². The molecule has 0 aliphatic heterocycles. The molecule has 2 nitrogen and oxygen atoms in total. The van der Waals surface area contributed by atoms with E-state index in [1.54, 1.807) is 0 Å². The lowest BCUT2D eigenvalue weighted by Gasteiger charge is -2.30. The Morgan fingerprint density at radius 1 is 0.763 bits per heavy atom. The first-order chi connectivity index (χ1) is 18.4. The molecule has 0 amide bonds. The standard InChI is InChI=1S/C35H35FN2/c1-23(2)26-15-8-9-16-27(24(3)4)35(26)38-34(25-13-6-5-7-14-25)33-20-12-19-32(37-33)30-21-22-31(36)29-18-11-10-17-28(29)30/h5-24,26,34,38H,1-4H3. The highest BCUT2D eigenvalue weighted by atomic mass is 19.1. The Morgan fingerprint density at radius 2 is 1.50 bits per heavy atom. The highest BCUT2D eigenvalue weighted by Crippen LogP contribution is 2.34. The highest BCUT2D eigenvalue weighted by Gasteiger charge is 2.26. The van der Waals surface area contributed by atoms with E-state index in [-0.39, 0.29) is 17.8 Å². The van der Waals surface area contributed by atoms with Crippen molar-refractivity contribution in [2.24, 2.45) is 17.8 Å². The van der Waals surface area contributed by atoms with Crippen molar-refractivity contribution in [1.29, 1.82) is 0 Å². The van der Waals surface area contributed by atoms with E-state index in [1.165, 1.54) is 17.3 Å². The van der Waals surface area contributed by atoms with Gasteiger partial charge in [-0.05, 0) is 52.6 Å². The van der Waals surface area contributed by atoms with Crippen LogP contribution in [-0.2, 0) is 0 Å². The molecule has 0 bridgehead atoms. The zero-order valence-electron chi connectivity index (χ0n) is 22.5. The summed E-state index contributed by atoms with van der Waals surface area (Å²) in [4.78, 5) is 5.18. The summed E-state index contributed by atoms with van der Waals surface area (Å²) in [6.45, 7) is 9.05. The molecule has 4 aromatic rings. The second kappa shape index (κ2) is 11.2. The van der Waals surface area contributed by atoms with Crippen LogP contribution in [0, 0.1) is 23.6 Å². The van der Waals surface area contributed by atoms with Crippen molar-refractivity contribution >= 4 is 10.8 Å². The van der Waals surface area contributed by atoms with Crippen LogP contribution < -0.4 is 5.32 Å². The van der Waals surface area contributed by atoms with Crippen molar-refractivity contribution in [3.63, 3.8) is 0 Å². The Kier molecular flexibility index (Phi) is 7.55. The summed E-state index contributed by atoms with van der Waals surface area (Å²) in [5.74, 6) is 0.851. The monoisotopic (exact) mass is 502 g/mol. The van der Waals surface area contributed by atoms with Crippen LogP contribution in [0.15, 0.2) is 121 Å². The van der Waals surface area contributed by atoms with Crippen LogP contribution in [-0.4, -0.2) is 4.98 Å². The van der Waals surface area contributed by atoms with Gasteiger partial charge in [-0.3, -0.25) is 4.98 Å². The van der Waals surface area contributed by atoms with Crippen LogP contribution in [0.1, 0.15) is 45.0 Å². The van der Waals surface area contributed by atoms with E-state index in [1.807, 2.05) is 42.5 Å². The van der Waals surface area contributed by atoms with E-state index in [2.05, 4.69) is 93.7 Å². The number of benzene rings is 3. The molecule has 0 radical (unpaired) electrons. The molecule has 192 valence electrons. The van der Waals surface area contributed by atoms with E-state index >= 15 is 0 Å². The lowest BCUT2D eigenvalue weighted by molar-refractivity contribution is 0.470. The molecule has 5 rings (SSSR count). The van der Waals surface area contributed by atoms with E-state index in [4.69, 9.17) is 4.98 Å². The van der Waals surface area contributed by atoms with Gasteiger partial charge >= 0.3 is 0 Å². The van der Waals surface area contributed by atoms with E-state index < -0.39 is 0 Å². The van der Waals surface area contributed by atoms with Gasteiger partial charge in [0.2, 0.25) is 0 Å². The summed E-state index contributed by atoms with van der Waals surface area (Å²) >= 11 is 0. The van der Waals surface area contributed by atoms with Gasteiger partial charge in [-0.15, -0.1) is 0 Å². The van der Waals surface area contributed by atoms with Crippen molar-refractivity contribution in [2.75, 3.05) is 0 Å². The molecule has 0 spiro atoms. The van der Waals surface area contributed by atoms with Crippen molar-refractivity contribution < 1.29 is 4.39 Å². The number of fused-ring (bicyclic) bond motifs is 1. The van der Waals surface area contributed by atoms with Crippen LogP contribution >= 0.6 is 0 Å². The molecule has 0 saturated carbocycles. The molecule has 1 heterocycles. The summed E-state index contributed by atoms with van der Waals surface area (Å²) in [7, 11) is 0. The molecule has 38 heavy (non-hydrogen) atoms. The third kappa shape index (κ3) is 5.19. The molecule has 1 aromatic heterocycles. The predicted molar refractivity (Wildman–Crippen MR) is 157 cm³/mol. The fraction of sp³-hybridized carbons (Fsp3) is 0.229. The lowest BCUT2D eigenvalue weighted by Crippen LogP contribution is -2.30. The number of rotatable bonds is 7. The molecule has 3 aromatic carbocycles. The number of nitrogens with zero attached hydrogens (tertiary/aromatic N) is 1. The van der Waals surface area contributed by atoms with Gasteiger partial charge < -0.3 is 5.32 Å². The average Bonchev–Trinajstić information content (AvgIpc) is 3.15. The maximum absolute atomic E-state index is 14.6. The summed E-state index contributed by atoms with van der Waals surface area (Å²) in [6, 6.07) is 27.5. The molecule has 1 N–H and O–H groups in total. The van der Waals surface area contributed by atoms with E-state index in [0.717, 1.165) is 27.9 Å². The lowest BCUT2D eigenvalue weighted by atomic mass is 9.86. The van der Waals surface area contributed by atoms with Gasteiger partial charge in [0, 0.05) is 22.6 Å². The molecular weight excluding hydrogens is 467 g/mol. The van der Waals surface area contributed by atoms with E-state index in [0.29, 0.717) is 17.2 Å². The van der Waals surface area contributed by atoms with Gasteiger partial charge in [-0.1, -0.05) is 113 Å². The second-order valence-corrected chi connectivity index (χ2v) is 10.6. The molecule has 3 heteroatoms. The second-order valence-electron chi connectivity index (χ2n) is 10.6. The fourth-order valence-electron chi connectivity index (χ4n) is 5.34. The molecule has 1 aliphatic carbocycles. The maximum Gasteiger partial charge on any atom is 0.131 e. The Morgan fingerprint density at radius 3 is 2.24 bits per heavy atom. The summed E-state index contributed by atoms with van der Waals surface area (Å²) in [6.07, 6.45) is 8.85. The van der Waals surface area contributed by atoms with Crippen LogP contribution in [0.5, 0.6) is 0 Å². The van der Waals surface area contributed by atoms with Gasteiger partial charge in [0.15, 0.2) is 0 Å². The first-order valence-corrected chi connectivity index (χ1v) is 13.5. The van der Waals surface area contributed by atoms with Gasteiger partial charge in [0.1, 0.15) is 5.82 Å². The maximum atomic E-state index is 14.6. The summed E-state index contributed by atoms with van der Waals surface area (Å²) < 4.78 is 14.6. The molecule has 0 fully saturated rings. The smallest absolute Gasteiger partial charge is 0.131 e. The normalized spacial score (nSPS) is 16.3. The van der Waals surface area contributed by atoms with Crippen LogP contribution in [0.3, 0.4) is 0 Å². The molecule has 2 atom stereocenters. The third-order valence-electron chi connectivity index (χ3n) is 7.34. The summed E-state index contributed by atoms with van der Waals surface area (Å²) in [5, 5.41) is 5.45. The number of allylic oxidation sites excluding steroid dienone is 5. The Labute approximate surface area is 225 Å². The Hall–Kier alpha value is -3.98. The molecular formula is C35H35FN2. The van der Waals surface area contributed by atoms with Crippen molar-refractivity contribution in [3.05, 3.63) is 138 Å². The van der Waals surface area contributed by atoms with Gasteiger partial charge in [-0.25, -0.2) is 4.39 Å². The zero-order valence-corrected chi connectivity index (χ0v) is 22.5. The zero-order chi connectivity index (χ0) is 26.6. The number of hydrogen-bond acceptors (Lipinski definition) is 2. The van der Waals surface area contributed by atoms with Crippen LogP contribution in [0.4, 0.5) is 4.39 Å². The number of nitrogens with one attached hydrogen (secondary N) is 1. The van der Waals surface area contributed by atoms with Crippen molar-refractivity contribution in [3.8, 4) is 11.3 Å². The number of pyridine rings is 1. The van der Waals surface area contributed by atoms with Gasteiger partial charge in [-0.2, -0.15) is 0 Å². The van der Waals surface area contributed by atoms with Crippen molar-refractivity contribution in [2.45, 2.75) is 33.7 Å². The van der Waals surface area contributed by atoms with Gasteiger partial charge in [0.25, 0.3) is 0 Å². The fourth-order valence-corrected chi connectivity index (χ4v) is 5.34. The minimum atomic E-state index is -0.216. The van der Waals surface area contributed by atoms with Crippen LogP contribution in [0.2, 0.25) is 0 Å². The number of halogens is 1. The topological polar surface area (TPSA) is 24.9 Å². The van der Waals surface area contributed by atoms with Crippen LogP contribution in [0.25, 0.3) is 22.0 Å². The Balaban J connectivity index is 1.65. The molecule has 2 unspecified atom stereocenters. The van der Waals surface area contributed by atoms with E-state index in [9.17, 15) is 4.39 Å².